The first-order valence-electron chi connectivity index (χ1n) is 7.18. The highest BCUT2D eigenvalue weighted by Gasteiger charge is 2.12. The van der Waals surface area contributed by atoms with Crippen LogP contribution in [-0.4, -0.2) is 13.2 Å². The summed E-state index contributed by atoms with van der Waals surface area (Å²) in [6, 6.07) is 14.5. The quantitative estimate of drug-likeness (QED) is 0.811. The molecule has 0 aliphatic rings. The molecule has 0 bridgehead atoms. The Morgan fingerprint density at radius 3 is 2.14 bits per heavy atom. The minimum absolute atomic E-state index is 0.155. The summed E-state index contributed by atoms with van der Waals surface area (Å²) in [6.07, 6.45) is 0. The molecule has 2 rings (SSSR count). The first-order chi connectivity index (χ1) is 9.95. The van der Waals surface area contributed by atoms with Gasteiger partial charge in [-0.15, -0.1) is 0 Å². The van der Waals surface area contributed by atoms with Crippen molar-refractivity contribution < 1.29 is 9.13 Å². The maximum Gasteiger partial charge on any atom is 0.123 e. The zero-order valence-electron chi connectivity index (χ0n) is 12.8. The summed E-state index contributed by atoms with van der Waals surface area (Å²) in [4.78, 5) is 0. The van der Waals surface area contributed by atoms with Gasteiger partial charge in [-0.05, 0) is 47.4 Å². The number of hydrogen-bond acceptors (Lipinski definition) is 2. The highest BCUT2D eigenvalue weighted by atomic mass is 19.1. The Balaban J connectivity index is 1.77. The Labute approximate surface area is 126 Å². The van der Waals surface area contributed by atoms with Crippen LogP contribution in [0.3, 0.4) is 0 Å². The van der Waals surface area contributed by atoms with E-state index in [1.807, 2.05) is 12.1 Å². The van der Waals surface area contributed by atoms with Crippen molar-refractivity contribution in [2.45, 2.75) is 26.2 Å². The minimum atomic E-state index is -0.226. The van der Waals surface area contributed by atoms with Crippen LogP contribution in [0.25, 0.3) is 0 Å². The van der Waals surface area contributed by atoms with E-state index in [0.29, 0.717) is 13.2 Å². The third kappa shape index (κ3) is 4.78. The predicted molar refractivity (Wildman–Crippen MR) is 85.5 cm³/mol. The average Bonchev–Trinajstić information content (AvgIpc) is 2.45. The summed E-state index contributed by atoms with van der Waals surface area (Å²) in [7, 11) is 0. The fourth-order valence-corrected chi connectivity index (χ4v) is 1.98. The summed E-state index contributed by atoms with van der Waals surface area (Å²) in [5.74, 6) is 0.639. The van der Waals surface area contributed by atoms with Crippen LogP contribution in [0.1, 0.15) is 26.3 Å². The second-order valence-electron chi connectivity index (χ2n) is 6.06. The van der Waals surface area contributed by atoms with Crippen LogP contribution in [0.15, 0.2) is 48.5 Å². The molecule has 2 aromatic carbocycles. The van der Waals surface area contributed by atoms with Gasteiger partial charge >= 0.3 is 0 Å². The van der Waals surface area contributed by atoms with Gasteiger partial charge in [-0.2, -0.15) is 0 Å². The van der Waals surface area contributed by atoms with Crippen LogP contribution in [0, 0.1) is 5.82 Å². The van der Waals surface area contributed by atoms with Crippen LogP contribution in [-0.2, 0) is 5.41 Å². The highest BCUT2D eigenvalue weighted by Crippen LogP contribution is 2.24. The van der Waals surface area contributed by atoms with Crippen molar-refractivity contribution in [1.29, 1.82) is 0 Å². The van der Waals surface area contributed by atoms with Crippen LogP contribution in [0.2, 0.25) is 0 Å². The summed E-state index contributed by atoms with van der Waals surface area (Å²) < 4.78 is 18.4. The molecule has 0 spiro atoms. The van der Waals surface area contributed by atoms with Crippen molar-refractivity contribution in [2.24, 2.45) is 0 Å². The largest absolute Gasteiger partial charge is 0.492 e. The molecule has 0 amide bonds. The normalized spacial score (nSPS) is 11.2. The first-order valence-corrected chi connectivity index (χ1v) is 7.18. The second kappa shape index (κ2) is 6.61. The summed E-state index contributed by atoms with van der Waals surface area (Å²) in [5, 5.41) is 3.19. The van der Waals surface area contributed by atoms with Gasteiger partial charge < -0.3 is 10.1 Å². The lowest BCUT2D eigenvalue weighted by molar-refractivity contribution is 0.332. The molecular formula is C18H22FNO. The number of benzene rings is 2. The van der Waals surface area contributed by atoms with E-state index in [-0.39, 0.29) is 11.2 Å². The van der Waals surface area contributed by atoms with Crippen LogP contribution < -0.4 is 10.1 Å². The fraction of sp³-hybridized carbons (Fsp3) is 0.333. The molecule has 1 N–H and O–H groups in total. The Kier molecular flexibility index (Phi) is 4.84. The Bertz CT molecular complexity index is 555. The molecule has 0 aromatic heterocycles. The Morgan fingerprint density at radius 1 is 0.952 bits per heavy atom. The van der Waals surface area contributed by atoms with E-state index in [4.69, 9.17) is 4.74 Å². The first kappa shape index (κ1) is 15.4. The summed E-state index contributed by atoms with van der Waals surface area (Å²) in [6.45, 7) is 7.80. The molecule has 0 heterocycles. The molecule has 0 saturated carbocycles. The van der Waals surface area contributed by atoms with E-state index in [1.54, 1.807) is 12.1 Å². The van der Waals surface area contributed by atoms with Crippen molar-refractivity contribution in [3.05, 3.63) is 59.9 Å². The van der Waals surface area contributed by atoms with Crippen molar-refractivity contribution in [1.82, 2.24) is 0 Å². The number of rotatable bonds is 5. The minimum Gasteiger partial charge on any atom is -0.492 e. The van der Waals surface area contributed by atoms with Gasteiger partial charge in [0, 0.05) is 12.2 Å². The van der Waals surface area contributed by atoms with E-state index < -0.39 is 0 Å². The Hall–Kier alpha value is -2.03. The molecule has 0 atom stereocenters. The number of hydrogen-bond donors (Lipinski definition) is 1. The van der Waals surface area contributed by atoms with E-state index in [2.05, 4.69) is 38.2 Å². The van der Waals surface area contributed by atoms with Gasteiger partial charge in [0.15, 0.2) is 0 Å². The SMILES string of the molecule is CC(C)(C)c1ccc(OCCNc2ccc(F)cc2)cc1. The summed E-state index contributed by atoms with van der Waals surface area (Å²) >= 11 is 0. The maximum absolute atomic E-state index is 12.8. The van der Waals surface area contributed by atoms with Crippen LogP contribution in [0.4, 0.5) is 10.1 Å². The third-order valence-corrected chi connectivity index (χ3v) is 3.26. The average molecular weight is 287 g/mol. The van der Waals surface area contributed by atoms with Gasteiger partial charge in [0.2, 0.25) is 0 Å². The van der Waals surface area contributed by atoms with Gasteiger partial charge in [0.25, 0.3) is 0 Å². The predicted octanol–water partition coefficient (Wildman–Crippen LogP) is 4.61. The lowest BCUT2D eigenvalue weighted by Crippen LogP contribution is -2.12. The van der Waals surface area contributed by atoms with E-state index in [0.717, 1.165) is 11.4 Å². The molecule has 0 aliphatic carbocycles. The number of anilines is 1. The molecule has 112 valence electrons. The zero-order chi connectivity index (χ0) is 15.3. The van der Waals surface area contributed by atoms with Crippen LogP contribution in [0.5, 0.6) is 5.75 Å². The lowest BCUT2D eigenvalue weighted by atomic mass is 9.87. The van der Waals surface area contributed by atoms with Crippen molar-refractivity contribution in [3.8, 4) is 5.75 Å². The smallest absolute Gasteiger partial charge is 0.123 e. The third-order valence-electron chi connectivity index (χ3n) is 3.26. The number of nitrogens with one attached hydrogen (secondary N) is 1. The standard InChI is InChI=1S/C18H22FNO/c1-18(2,3)14-4-10-17(11-5-14)21-13-12-20-16-8-6-15(19)7-9-16/h4-11,20H,12-13H2,1-3H3. The van der Waals surface area contributed by atoms with Gasteiger partial charge in [-0.1, -0.05) is 32.9 Å². The molecule has 0 fully saturated rings. The Morgan fingerprint density at radius 2 is 1.57 bits per heavy atom. The molecule has 0 saturated heterocycles. The molecule has 0 aliphatic heterocycles. The highest BCUT2D eigenvalue weighted by molar-refractivity contribution is 5.42. The van der Waals surface area contributed by atoms with Gasteiger partial charge in [-0.25, -0.2) is 4.39 Å². The maximum atomic E-state index is 12.8. The number of halogens is 1. The van der Waals surface area contributed by atoms with Crippen molar-refractivity contribution >= 4 is 5.69 Å². The molecule has 3 heteroatoms. The molecule has 2 nitrogen and oxygen atoms in total. The van der Waals surface area contributed by atoms with Gasteiger partial charge in [0.1, 0.15) is 18.2 Å². The van der Waals surface area contributed by atoms with E-state index >= 15 is 0 Å². The molecule has 0 radical (unpaired) electrons. The monoisotopic (exact) mass is 287 g/mol. The van der Waals surface area contributed by atoms with E-state index in [9.17, 15) is 4.39 Å². The van der Waals surface area contributed by atoms with Crippen molar-refractivity contribution in [2.75, 3.05) is 18.5 Å². The van der Waals surface area contributed by atoms with E-state index in [1.165, 1.54) is 17.7 Å². The molecular weight excluding hydrogens is 265 g/mol. The molecule has 0 unspecified atom stereocenters. The zero-order valence-corrected chi connectivity index (χ0v) is 12.8. The topological polar surface area (TPSA) is 21.3 Å². The lowest BCUT2D eigenvalue weighted by Gasteiger charge is -2.19. The van der Waals surface area contributed by atoms with Gasteiger partial charge in [-0.3, -0.25) is 0 Å². The fourth-order valence-electron chi connectivity index (χ4n) is 1.98. The second-order valence-corrected chi connectivity index (χ2v) is 6.06. The van der Waals surface area contributed by atoms with Crippen LogP contribution >= 0.6 is 0 Å². The van der Waals surface area contributed by atoms with Gasteiger partial charge in [0.05, 0.1) is 0 Å². The summed E-state index contributed by atoms with van der Waals surface area (Å²) in [5.41, 5.74) is 2.34. The molecule has 2 aromatic rings. The number of ether oxygens (including phenoxy) is 1. The van der Waals surface area contributed by atoms with Crippen molar-refractivity contribution in [3.63, 3.8) is 0 Å². The molecule has 21 heavy (non-hydrogen) atoms.